The summed E-state index contributed by atoms with van der Waals surface area (Å²) in [5.74, 6) is 0.311. The van der Waals surface area contributed by atoms with Gasteiger partial charge in [-0.25, -0.2) is 0 Å². The Morgan fingerprint density at radius 3 is 2.72 bits per heavy atom. The van der Waals surface area contributed by atoms with Crippen molar-refractivity contribution in [2.75, 3.05) is 38.7 Å². The van der Waals surface area contributed by atoms with E-state index in [1.165, 1.54) is 10.9 Å². The summed E-state index contributed by atoms with van der Waals surface area (Å²) in [7, 11) is 0.516. The molecule has 0 spiro atoms. The number of halogens is 1. The molecule has 0 aliphatic carbocycles. The van der Waals surface area contributed by atoms with Crippen LogP contribution in [-0.4, -0.2) is 95.0 Å². The molecule has 3 aromatic rings. The van der Waals surface area contributed by atoms with E-state index in [2.05, 4.69) is 56.1 Å². The molecule has 1 aliphatic rings. The SMILES string of the molecule is Cc1ccc(OCCN(C)C(=O)Cn2cc(NC(=O)[C@H]3C[C@H](Oc4nc(Br)nn4COCC[Si](C)(C)C)CO3)cn2)cc1. The van der Waals surface area contributed by atoms with Crippen molar-refractivity contribution in [3.63, 3.8) is 0 Å². The molecular weight excluding hydrogens is 638 g/mol. The lowest BCUT2D eigenvalue weighted by molar-refractivity contribution is -0.131. The first-order valence-corrected chi connectivity index (χ1v) is 18.7. The summed E-state index contributed by atoms with van der Waals surface area (Å²) < 4.78 is 26.6. The van der Waals surface area contributed by atoms with Crippen molar-refractivity contribution in [3.8, 4) is 11.8 Å². The first-order chi connectivity index (χ1) is 20.4. The first-order valence-electron chi connectivity index (χ1n) is 14.2. The number of carbonyl (C=O) groups is 2. The largest absolute Gasteiger partial charge is 0.492 e. The molecule has 43 heavy (non-hydrogen) atoms. The summed E-state index contributed by atoms with van der Waals surface area (Å²) in [6.07, 6.45) is 2.37. The van der Waals surface area contributed by atoms with E-state index in [0.29, 0.717) is 42.6 Å². The second-order valence-corrected chi connectivity index (χ2v) is 18.0. The van der Waals surface area contributed by atoms with Crippen LogP contribution in [0.15, 0.2) is 41.4 Å². The van der Waals surface area contributed by atoms with Crippen LogP contribution in [0.2, 0.25) is 25.7 Å². The zero-order chi connectivity index (χ0) is 31.0. The highest BCUT2D eigenvalue weighted by Gasteiger charge is 2.33. The smallest absolute Gasteiger partial charge is 0.318 e. The molecule has 2 aromatic heterocycles. The highest BCUT2D eigenvalue weighted by Crippen LogP contribution is 2.22. The van der Waals surface area contributed by atoms with Gasteiger partial charge >= 0.3 is 6.01 Å². The fraction of sp³-hybridized carbons (Fsp3) is 0.536. The minimum atomic E-state index is -1.20. The maximum atomic E-state index is 12.9. The number of ether oxygens (including phenoxy) is 4. The number of amides is 2. The number of aryl methyl sites for hydroxylation is 1. The molecule has 13 nitrogen and oxygen atoms in total. The normalized spacial score (nSPS) is 16.7. The summed E-state index contributed by atoms with van der Waals surface area (Å²) in [6, 6.07) is 9.10. The molecule has 0 unspecified atom stereocenters. The van der Waals surface area contributed by atoms with E-state index in [0.717, 1.165) is 17.4 Å². The van der Waals surface area contributed by atoms with Gasteiger partial charge in [0.2, 0.25) is 10.6 Å². The molecule has 1 N–H and O–H groups in total. The molecule has 234 valence electrons. The van der Waals surface area contributed by atoms with Crippen LogP contribution in [0, 0.1) is 6.92 Å². The third-order valence-electron chi connectivity index (χ3n) is 6.69. The van der Waals surface area contributed by atoms with Crippen LogP contribution in [-0.2, 0) is 32.3 Å². The van der Waals surface area contributed by atoms with Crippen molar-refractivity contribution in [1.82, 2.24) is 29.4 Å². The molecular formula is C28H40BrN7O6Si. The van der Waals surface area contributed by atoms with Crippen molar-refractivity contribution in [1.29, 1.82) is 0 Å². The Labute approximate surface area is 261 Å². The van der Waals surface area contributed by atoms with Gasteiger partial charge in [0.1, 0.15) is 37.8 Å². The summed E-state index contributed by atoms with van der Waals surface area (Å²) >= 11 is 3.29. The van der Waals surface area contributed by atoms with Crippen molar-refractivity contribution in [2.45, 2.75) is 64.5 Å². The summed E-state index contributed by atoms with van der Waals surface area (Å²) in [6.45, 7) is 10.8. The lowest BCUT2D eigenvalue weighted by Gasteiger charge is -2.17. The minimum absolute atomic E-state index is 0.0326. The monoisotopic (exact) mass is 677 g/mol. The van der Waals surface area contributed by atoms with Gasteiger partial charge < -0.3 is 29.2 Å². The molecule has 1 saturated heterocycles. The van der Waals surface area contributed by atoms with E-state index in [4.69, 9.17) is 18.9 Å². The van der Waals surface area contributed by atoms with E-state index < -0.39 is 14.2 Å². The van der Waals surface area contributed by atoms with Crippen LogP contribution >= 0.6 is 15.9 Å². The third-order valence-corrected chi connectivity index (χ3v) is 8.73. The molecule has 3 heterocycles. The lowest BCUT2D eigenvalue weighted by Crippen LogP contribution is -2.33. The van der Waals surface area contributed by atoms with Crippen LogP contribution in [0.3, 0.4) is 0 Å². The van der Waals surface area contributed by atoms with Crippen molar-refractivity contribution in [3.05, 3.63) is 47.0 Å². The van der Waals surface area contributed by atoms with Crippen LogP contribution in [0.25, 0.3) is 0 Å². The van der Waals surface area contributed by atoms with E-state index in [1.54, 1.807) is 22.8 Å². The molecule has 2 amide bonds. The maximum absolute atomic E-state index is 12.9. The molecule has 15 heteroatoms. The highest BCUT2D eigenvalue weighted by molar-refractivity contribution is 9.10. The number of aromatic nitrogens is 5. The fourth-order valence-electron chi connectivity index (χ4n) is 4.07. The lowest BCUT2D eigenvalue weighted by atomic mass is 10.2. The van der Waals surface area contributed by atoms with E-state index in [9.17, 15) is 9.59 Å². The van der Waals surface area contributed by atoms with Gasteiger partial charge in [0.15, 0.2) is 0 Å². The topological polar surface area (TPSA) is 135 Å². The second kappa shape index (κ2) is 14.9. The van der Waals surface area contributed by atoms with Crippen molar-refractivity contribution >= 4 is 41.5 Å². The van der Waals surface area contributed by atoms with E-state index in [-0.39, 0.29) is 37.8 Å². The number of likely N-dealkylation sites (N-methyl/N-ethyl adjacent to an activating group) is 1. The molecule has 1 aromatic carbocycles. The van der Waals surface area contributed by atoms with Crippen LogP contribution in [0.4, 0.5) is 5.69 Å². The molecule has 1 aliphatic heterocycles. The summed E-state index contributed by atoms with van der Waals surface area (Å²) in [5.41, 5.74) is 1.62. The Kier molecular flexibility index (Phi) is 11.3. The number of benzene rings is 1. The molecule has 0 bridgehead atoms. The third kappa shape index (κ3) is 10.4. The highest BCUT2D eigenvalue weighted by atomic mass is 79.9. The van der Waals surface area contributed by atoms with Gasteiger partial charge in [0.05, 0.1) is 25.0 Å². The number of hydrogen-bond acceptors (Lipinski definition) is 9. The second-order valence-electron chi connectivity index (χ2n) is 11.7. The van der Waals surface area contributed by atoms with Crippen LogP contribution in [0.1, 0.15) is 12.0 Å². The molecule has 0 saturated carbocycles. The van der Waals surface area contributed by atoms with Gasteiger partial charge in [-0.1, -0.05) is 37.3 Å². The Morgan fingerprint density at radius 1 is 1.21 bits per heavy atom. The Bertz CT molecular complexity index is 1360. The number of nitrogens with one attached hydrogen (secondary N) is 1. The minimum Gasteiger partial charge on any atom is -0.492 e. The molecule has 0 radical (unpaired) electrons. The quantitative estimate of drug-likeness (QED) is 0.189. The Morgan fingerprint density at radius 2 is 1.98 bits per heavy atom. The van der Waals surface area contributed by atoms with Crippen molar-refractivity contribution in [2.24, 2.45) is 0 Å². The molecule has 1 fully saturated rings. The van der Waals surface area contributed by atoms with Gasteiger partial charge in [-0.2, -0.15) is 14.8 Å². The predicted molar refractivity (Wildman–Crippen MR) is 166 cm³/mol. The number of hydrogen-bond donors (Lipinski definition) is 1. The average Bonchev–Trinajstić information content (AvgIpc) is 3.68. The zero-order valence-corrected chi connectivity index (χ0v) is 27.9. The summed E-state index contributed by atoms with van der Waals surface area (Å²) in [5, 5.41) is 11.3. The zero-order valence-electron chi connectivity index (χ0n) is 25.3. The van der Waals surface area contributed by atoms with Gasteiger partial charge in [-0.3, -0.25) is 14.3 Å². The standard InChI is InChI=1S/C28H40BrN7O6Si/c1-20-6-8-22(9-7-20)40-11-10-34(2)25(37)17-35-16-21(15-30-35)31-26(38)24-14-23(18-41-24)42-28-32-27(29)33-36(28)19-39-12-13-43(3,4)5/h6-9,15-16,23-24H,10-14,17-19H2,1-5H3,(H,31,38)/t23-,24+/m0/s1. The van der Waals surface area contributed by atoms with Gasteiger partial charge in [-0.05, 0) is 41.0 Å². The average molecular weight is 679 g/mol. The van der Waals surface area contributed by atoms with Crippen LogP contribution in [0.5, 0.6) is 11.8 Å². The predicted octanol–water partition coefficient (Wildman–Crippen LogP) is 3.57. The van der Waals surface area contributed by atoms with Gasteiger partial charge in [0.25, 0.3) is 5.91 Å². The van der Waals surface area contributed by atoms with E-state index in [1.807, 2.05) is 31.2 Å². The number of carbonyl (C=O) groups excluding carboxylic acids is 2. The van der Waals surface area contributed by atoms with Gasteiger partial charge in [-0.15, -0.1) is 5.10 Å². The summed E-state index contributed by atoms with van der Waals surface area (Å²) in [4.78, 5) is 31.4. The Hall–Kier alpha value is -3.27. The maximum Gasteiger partial charge on any atom is 0.318 e. The number of anilines is 1. The number of nitrogens with zero attached hydrogens (tertiary/aromatic N) is 6. The van der Waals surface area contributed by atoms with Crippen LogP contribution < -0.4 is 14.8 Å². The Balaban J connectivity index is 1.19. The first kappa shape index (κ1) is 32.6. The van der Waals surface area contributed by atoms with E-state index >= 15 is 0 Å². The van der Waals surface area contributed by atoms with Gasteiger partial charge in [0, 0.05) is 34.3 Å². The number of rotatable bonds is 15. The van der Waals surface area contributed by atoms with Crippen molar-refractivity contribution < 1.29 is 28.5 Å². The molecule has 2 atom stereocenters. The molecule has 4 rings (SSSR count). The fourth-order valence-corrected chi connectivity index (χ4v) is 5.17.